The Morgan fingerprint density at radius 1 is 1.18 bits per heavy atom. The molecule has 0 radical (unpaired) electrons. The molecule has 0 N–H and O–H groups in total. The van der Waals surface area contributed by atoms with Crippen molar-refractivity contribution < 1.29 is 17.9 Å². The minimum Gasteiger partial charge on any atom is -0.492 e. The molecular weight excluding hydrogens is 321 g/mol. The summed E-state index contributed by atoms with van der Waals surface area (Å²) in [5.41, 5.74) is 0.681. The molecule has 22 heavy (non-hydrogen) atoms. The Morgan fingerprint density at radius 2 is 1.91 bits per heavy atom. The molecule has 0 spiro atoms. The molecule has 2 aromatic rings. The molecule has 1 aromatic carbocycles. The summed E-state index contributed by atoms with van der Waals surface area (Å²) in [6, 6.07) is 6.83. The number of hydrogen-bond acceptors (Lipinski definition) is 4. The number of alkyl halides is 3. The number of nitrogens with zero attached hydrogens (tertiary/aromatic N) is 4. The lowest BCUT2D eigenvalue weighted by atomic mass is 10.3. The van der Waals surface area contributed by atoms with Gasteiger partial charge in [0.2, 0.25) is 0 Å². The minimum absolute atomic E-state index is 0.301. The molecule has 0 saturated carbocycles. The Hall–Kier alpha value is -2.35. The van der Waals surface area contributed by atoms with Crippen LogP contribution in [0.3, 0.4) is 0 Å². The summed E-state index contributed by atoms with van der Waals surface area (Å²) in [7, 11) is 0. The molecule has 0 aliphatic heterocycles. The van der Waals surface area contributed by atoms with Crippen LogP contribution in [0.15, 0.2) is 42.7 Å². The topological polar surface area (TPSA) is 52.8 Å². The number of hydrogen-bond donors (Lipinski definition) is 0. The standard InChI is InChI=1S/C13H10ClF3N4O/c14-10-4-6-11(7-5-10)21-19-12(18-20-21)3-1-2-8-22-9-13(15,16)17/h1-8H,9H2/b3-1-,8-2+. The van der Waals surface area contributed by atoms with E-state index >= 15 is 0 Å². The molecular formula is C13H10ClF3N4O. The summed E-state index contributed by atoms with van der Waals surface area (Å²) >= 11 is 5.78. The lowest BCUT2D eigenvalue weighted by Gasteiger charge is -2.03. The SMILES string of the molecule is FC(F)(F)CO/C=C/C=C\c1nnn(-c2ccc(Cl)cc2)n1. The smallest absolute Gasteiger partial charge is 0.422 e. The maximum Gasteiger partial charge on any atom is 0.422 e. The zero-order chi connectivity index (χ0) is 16.0. The van der Waals surface area contributed by atoms with Gasteiger partial charge in [0.15, 0.2) is 12.4 Å². The Morgan fingerprint density at radius 3 is 2.59 bits per heavy atom. The number of tetrazole rings is 1. The van der Waals surface area contributed by atoms with Gasteiger partial charge in [0.1, 0.15) is 0 Å². The second kappa shape index (κ2) is 7.08. The maximum atomic E-state index is 11.8. The average Bonchev–Trinajstić information content (AvgIpc) is 2.91. The quantitative estimate of drug-likeness (QED) is 0.622. The van der Waals surface area contributed by atoms with E-state index in [4.69, 9.17) is 11.6 Å². The number of allylic oxidation sites excluding steroid dienone is 2. The number of benzene rings is 1. The first-order chi connectivity index (χ1) is 10.4. The fraction of sp³-hybridized carbons (Fsp3) is 0.154. The highest BCUT2D eigenvalue weighted by Crippen LogP contribution is 2.14. The molecule has 0 bridgehead atoms. The van der Waals surface area contributed by atoms with Crippen LogP contribution in [-0.4, -0.2) is 33.0 Å². The first-order valence-corrected chi connectivity index (χ1v) is 6.39. The zero-order valence-corrected chi connectivity index (χ0v) is 11.8. The van der Waals surface area contributed by atoms with Crippen molar-refractivity contribution >= 4 is 17.7 Å². The summed E-state index contributed by atoms with van der Waals surface area (Å²) < 4.78 is 39.7. The Kier molecular flexibility index (Phi) is 5.16. The third kappa shape index (κ3) is 5.21. The second-order valence-electron chi connectivity index (χ2n) is 4.03. The van der Waals surface area contributed by atoms with Crippen LogP contribution >= 0.6 is 11.6 Å². The molecule has 0 amide bonds. The third-order valence-electron chi connectivity index (χ3n) is 2.26. The van der Waals surface area contributed by atoms with E-state index in [2.05, 4.69) is 20.1 Å². The van der Waals surface area contributed by atoms with Gasteiger partial charge in [-0.05, 0) is 41.6 Å². The van der Waals surface area contributed by atoms with Crippen molar-refractivity contribution in [1.29, 1.82) is 0 Å². The van der Waals surface area contributed by atoms with E-state index in [0.29, 0.717) is 16.5 Å². The molecule has 0 aliphatic rings. The third-order valence-corrected chi connectivity index (χ3v) is 2.52. The molecule has 1 heterocycles. The van der Waals surface area contributed by atoms with E-state index in [9.17, 15) is 13.2 Å². The van der Waals surface area contributed by atoms with Crippen LogP contribution in [0.25, 0.3) is 11.8 Å². The summed E-state index contributed by atoms with van der Waals surface area (Å²) in [6.45, 7) is -1.33. The molecule has 5 nitrogen and oxygen atoms in total. The van der Waals surface area contributed by atoms with Gasteiger partial charge in [-0.1, -0.05) is 17.7 Å². The summed E-state index contributed by atoms with van der Waals surface area (Å²) in [5, 5.41) is 12.3. The van der Waals surface area contributed by atoms with Crippen molar-refractivity contribution in [2.75, 3.05) is 6.61 Å². The van der Waals surface area contributed by atoms with E-state index in [1.807, 2.05) is 0 Å². The van der Waals surface area contributed by atoms with Crippen LogP contribution in [-0.2, 0) is 4.74 Å². The van der Waals surface area contributed by atoms with Crippen LogP contribution in [0.1, 0.15) is 5.82 Å². The van der Waals surface area contributed by atoms with Crippen molar-refractivity contribution in [2.24, 2.45) is 0 Å². The van der Waals surface area contributed by atoms with Crippen molar-refractivity contribution in [3.8, 4) is 5.69 Å². The normalized spacial score (nSPS) is 12.4. The minimum atomic E-state index is -4.35. The summed E-state index contributed by atoms with van der Waals surface area (Å²) in [4.78, 5) is 1.31. The van der Waals surface area contributed by atoms with Crippen molar-refractivity contribution in [1.82, 2.24) is 20.2 Å². The largest absolute Gasteiger partial charge is 0.492 e. The molecule has 0 aliphatic carbocycles. The molecule has 0 unspecified atom stereocenters. The number of rotatable bonds is 5. The van der Waals surface area contributed by atoms with Crippen LogP contribution in [0, 0.1) is 0 Å². The zero-order valence-electron chi connectivity index (χ0n) is 11.0. The van der Waals surface area contributed by atoms with Crippen LogP contribution in [0.4, 0.5) is 13.2 Å². The molecule has 9 heteroatoms. The van der Waals surface area contributed by atoms with Gasteiger partial charge in [-0.15, -0.1) is 15.0 Å². The van der Waals surface area contributed by atoms with Crippen molar-refractivity contribution in [3.63, 3.8) is 0 Å². The first-order valence-electron chi connectivity index (χ1n) is 6.01. The molecule has 116 valence electrons. The van der Waals surface area contributed by atoms with Gasteiger partial charge >= 0.3 is 6.18 Å². The van der Waals surface area contributed by atoms with Crippen LogP contribution in [0.5, 0.6) is 0 Å². The molecule has 0 atom stereocenters. The number of aromatic nitrogens is 4. The maximum absolute atomic E-state index is 11.8. The van der Waals surface area contributed by atoms with Crippen LogP contribution < -0.4 is 0 Å². The number of ether oxygens (including phenoxy) is 1. The van der Waals surface area contributed by atoms with Gasteiger partial charge < -0.3 is 4.74 Å². The lowest BCUT2D eigenvalue weighted by molar-refractivity contribution is -0.161. The van der Waals surface area contributed by atoms with Gasteiger partial charge in [-0.3, -0.25) is 0 Å². The van der Waals surface area contributed by atoms with E-state index in [0.717, 1.165) is 6.26 Å². The highest BCUT2D eigenvalue weighted by atomic mass is 35.5. The first kappa shape index (κ1) is 16.0. The predicted molar refractivity (Wildman–Crippen MR) is 74.3 cm³/mol. The highest BCUT2D eigenvalue weighted by molar-refractivity contribution is 6.30. The highest BCUT2D eigenvalue weighted by Gasteiger charge is 2.27. The molecule has 1 aromatic heterocycles. The molecule has 0 saturated heterocycles. The van der Waals surface area contributed by atoms with Crippen LogP contribution in [0.2, 0.25) is 5.02 Å². The lowest BCUT2D eigenvalue weighted by Crippen LogP contribution is -2.14. The summed E-state index contributed by atoms with van der Waals surface area (Å²) in [5.74, 6) is 0.301. The Bertz CT molecular complexity index is 665. The Labute approximate surface area is 128 Å². The fourth-order valence-electron chi connectivity index (χ4n) is 1.36. The van der Waals surface area contributed by atoms with Crippen molar-refractivity contribution in [2.45, 2.75) is 6.18 Å². The van der Waals surface area contributed by atoms with E-state index in [-0.39, 0.29) is 0 Å². The molecule has 2 rings (SSSR count). The van der Waals surface area contributed by atoms with Gasteiger partial charge in [0.05, 0.1) is 11.9 Å². The monoisotopic (exact) mass is 330 g/mol. The predicted octanol–water partition coefficient (Wildman–Crippen LogP) is 3.42. The fourth-order valence-corrected chi connectivity index (χ4v) is 1.49. The molecule has 0 fully saturated rings. The number of halogens is 4. The van der Waals surface area contributed by atoms with E-state index in [1.165, 1.54) is 23.0 Å². The van der Waals surface area contributed by atoms with E-state index < -0.39 is 12.8 Å². The van der Waals surface area contributed by atoms with E-state index in [1.54, 1.807) is 24.3 Å². The summed E-state index contributed by atoms with van der Waals surface area (Å²) in [6.07, 6.45) is 0.811. The van der Waals surface area contributed by atoms with Gasteiger partial charge in [-0.25, -0.2) is 0 Å². The Balaban J connectivity index is 1.90. The average molecular weight is 331 g/mol. The van der Waals surface area contributed by atoms with Crippen molar-refractivity contribution in [3.05, 3.63) is 53.5 Å². The second-order valence-corrected chi connectivity index (χ2v) is 4.46. The van der Waals surface area contributed by atoms with Gasteiger partial charge in [-0.2, -0.15) is 13.2 Å². The van der Waals surface area contributed by atoms with Gasteiger partial charge in [0, 0.05) is 5.02 Å². The van der Waals surface area contributed by atoms with Gasteiger partial charge in [0.25, 0.3) is 0 Å².